The lowest BCUT2D eigenvalue weighted by Gasteiger charge is -2.42. The van der Waals surface area contributed by atoms with Crippen molar-refractivity contribution < 1.29 is 0 Å². The van der Waals surface area contributed by atoms with Gasteiger partial charge in [-0.25, -0.2) is 29.9 Å². The first-order valence-electron chi connectivity index (χ1n) is 27.5. The van der Waals surface area contributed by atoms with Crippen molar-refractivity contribution in [2.75, 3.05) is 0 Å². The van der Waals surface area contributed by atoms with Gasteiger partial charge in [-0.05, 0) is 94.0 Å². The molecule has 2 unspecified atom stereocenters. The van der Waals surface area contributed by atoms with Crippen LogP contribution in [-0.4, -0.2) is 49.0 Å². The fourth-order valence-corrected chi connectivity index (χ4v) is 13.0. The van der Waals surface area contributed by atoms with Crippen molar-refractivity contribution in [1.29, 1.82) is 0 Å². The van der Waals surface area contributed by atoms with Crippen LogP contribution in [-0.2, 0) is 0 Å². The van der Waals surface area contributed by atoms with Gasteiger partial charge in [0.2, 0.25) is 0 Å². The molecule has 0 fully saturated rings. The minimum atomic E-state index is -0.0392. The van der Waals surface area contributed by atoms with Crippen LogP contribution in [0.3, 0.4) is 0 Å². The Bertz CT molecular complexity index is 4660. The second kappa shape index (κ2) is 18.2. The summed E-state index contributed by atoms with van der Waals surface area (Å²) in [6.45, 7) is 0. The molecule has 0 radical (unpaired) electrons. The number of hydrogen-bond acceptors (Lipinski definition) is 8. The summed E-state index contributed by atoms with van der Waals surface area (Å²) in [5.41, 5.74) is 19.3. The molecule has 82 heavy (non-hydrogen) atoms. The normalized spacial score (nSPS) is 14.1. The SMILES string of the molecule is c1ccc(-c2nc(-c3ccc4c(c3)C3c5ccccc5C4c4cc(-c5nc(-c6ccccc6)nc(-c6ccccc6-n6c7ccccc7c7cnccc76)n5)ccc43)nc(-c3ccccc3-n3c4ccccc4c4cnccc43)n2)cc1. The third-order valence-electron chi connectivity index (χ3n) is 16.6. The van der Waals surface area contributed by atoms with Gasteiger partial charge in [0.25, 0.3) is 0 Å². The molecule has 0 amide bonds. The number of aromatic nitrogens is 10. The van der Waals surface area contributed by atoms with Crippen molar-refractivity contribution in [1.82, 2.24) is 49.0 Å². The molecule has 9 aromatic carbocycles. The zero-order valence-corrected chi connectivity index (χ0v) is 43.9. The Morgan fingerprint density at radius 3 is 1.07 bits per heavy atom. The van der Waals surface area contributed by atoms with E-state index in [1.165, 1.54) is 33.4 Å². The average Bonchev–Trinajstić information content (AvgIpc) is 2.01. The number of nitrogens with zero attached hydrogens (tertiary/aromatic N) is 10. The monoisotopic (exact) mass is 1050 g/mol. The summed E-state index contributed by atoms with van der Waals surface area (Å²) in [5, 5.41) is 4.43. The number of benzene rings is 9. The maximum absolute atomic E-state index is 5.41. The molecule has 0 saturated heterocycles. The molecule has 18 rings (SSSR count). The first kappa shape index (κ1) is 45.9. The number of fused-ring (bicyclic) bond motifs is 6. The number of hydrogen-bond donors (Lipinski definition) is 0. The maximum atomic E-state index is 5.41. The lowest BCUT2D eigenvalue weighted by molar-refractivity contribution is 0.754. The Morgan fingerprint density at radius 2 is 0.610 bits per heavy atom. The molecule has 0 spiro atoms. The Kier molecular flexibility index (Phi) is 10.2. The van der Waals surface area contributed by atoms with Crippen molar-refractivity contribution in [2.24, 2.45) is 0 Å². The Morgan fingerprint density at radius 1 is 0.256 bits per heavy atom. The van der Waals surface area contributed by atoms with E-state index in [1.54, 1.807) is 0 Å². The summed E-state index contributed by atoms with van der Waals surface area (Å²) in [4.78, 5) is 40.9. The first-order valence-corrected chi connectivity index (χ1v) is 27.5. The quantitative estimate of drug-likeness (QED) is 0.148. The van der Waals surface area contributed by atoms with Crippen LogP contribution in [0.1, 0.15) is 45.2 Å². The molecule has 6 aromatic heterocycles. The predicted molar refractivity (Wildman–Crippen MR) is 325 cm³/mol. The summed E-state index contributed by atoms with van der Waals surface area (Å²) >= 11 is 0. The third kappa shape index (κ3) is 7.07. The molecule has 6 heterocycles. The molecule has 382 valence electrons. The second-order valence-corrected chi connectivity index (χ2v) is 21.1. The van der Waals surface area contributed by atoms with Crippen LogP contribution in [0, 0.1) is 0 Å². The first-order chi connectivity index (χ1) is 40.7. The molecule has 3 aliphatic rings. The number of pyridine rings is 2. The van der Waals surface area contributed by atoms with Gasteiger partial charge in [0.15, 0.2) is 34.9 Å². The fraction of sp³-hybridized carbons (Fsp3) is 0.0278. The summed E-state index contributed by atoms with van der Waals surface area (Å²) in [6, 6.07) is 80.9. The van der Waals surface area contributed by atoms with Crippen molar-refractivity contribution in [2.45, 2.75) is 11.8 Å². The van der Waals surface area contributed by atoms with E-state index in [2.05, 4.69) is 213 Å². The topological polar surface area (TPSA) is 113 Å². The lowest BCUT2D eigenvalue weighted by atomic mass is 9.61. The fourth-order valence-electron chi connectivity index (χ4n) is 13.0. The highest BCUT2D eigenvalue weighted by Crippen LogP contribution is 2.57. The second-order valence-electron chi connectivity index (χ2n) is 21.1. The van der Waals surface area contributed by atoms with E-state index >= 15 is 0 Å². The molecule has 15 aromatic rings. The van der Waals surface area contributed by atoms with Crippen LogP contribution in [0.5, 0.6) is 0 Å². The van der Waals surface area contributed by atoms with Crippen LogP contribution in [0.4, 0.5) is 0 Å². The zero-order valence-electron chi connectivity index (χ0n) is 43.9. The smallest absolute Gasteiger partial charge is 0.166 e. The Balaban J connectivity index is 0.804. The summed E-state index contributed by atoms with van der Waals surface area (Å²) in [6.07, 6.45) is 7.61. The molecule has 2 atom stereocenters. The molecule has 10 heteroatoms. The molecule has 0 N–H and O–H groups in total. The van der Waals surface area contributed by atoms with Gasteiger partial charge in [-0.3, -0.25) is 9.97 Å². The van der Waals surface area contributed by atoms with E-state index in [0.29, 0.717) is 34.9 Å². The predicted octanol–water partition coefficient (Wildman–Crippen LogP) is 16.0. The van der Waals surface area contributed by atoms with E-state index in [4.69, 9.17) is 29.9 Å². The maximum Gasteiger partial charge on any atom is 0.166 e. The van der Waals surface area contributed by atoms with Crippen LogP contribution >= 0.6 is 0 Å². The highest BCUT2D eigenvalue weighted by Gasteiger charge is 2.42. The summed E-state index contributed by atoms with van der Waals surface area (Å²) in [7, 11) is 0. The van der Waals surface area contributed by atoms with Crippen molar-refractivity contribution in [3.8, 4) is 79.7 Å². The molecule has 0 saturated carbocycles. The van der Waals surface area contributed by atoms with Gasteiger partial charge in [0, 0.05) is 91.5 Å². The largest absolute Gasteiger partial charge is 0.308 e. The van der Waals surface area contributed by atoms with Gasteiger partial charge in [0.05, 0.1) is 33.4 Å². The molecular formula is C72H44N10. The van der Waals surface area contributed by atoms with Crippen LogP contribution in [0.25, 0.3) is 123 Å². The molecule has 0 aliphatic heterocycles. The van der Waals surface area contributed by atoms with Gasteiger partial charge < -0.3 is 9.13 Å². The minimum Gasteiger partial charge on any atom is -0.308 e. The Labute approximate surface area is 470 Å². The van der Waals surface area contributed by atoms with Gasteiger partial charge in [0.1, 0.15) is 0 Å². The van der Waals surface area contributed by atoms with E-state index < -0.39 is 0 Å². The van der Waals surface area contributed by atoms with Crippen molar-refractivity contribution >= 4 is 43.6 Å². The standard InChI is InChI=1S/C72H44N10/c1-3-17-43(18-4-1)67-75-69(79-71(77-67)53-25-11-15-29-61(53)81-59-27-13-9-21-47(59)57-41-73-37-35-63(57)81)45-31-33-51-55(39-45)65-49-23-7-8-24-50(49)66(51)56-40-46(32-34-52(56)65)70-76-68(44-19-5-2-6-20-44)78-72(80-70)54-26-12-16-30-62(54)82-60-28-14-10-22-48(60)58-42-74-38-36-64(58)82/h1-42,65-66H. The van der Waals surface area contributed by atoms with Gasteiger partial charge in [-0.1, -0.05) is 170 Å². The number of para-hydroxylation sites is 4. The highest BCUT2D eigenvalue weighted by atomic mass is 15.1. The van der Waals surface area contributed by atoms with E-state index in [-0.39, 0.29) is 11.8 Å². The summed E-state index contributed by atoms with van der Waals surface area (Å²) in [5.74, 6) is 3.52. The summed E-state index contributed by atoms with van der Waals surface area (Å²) < 4.78 is 4.60. The molecule has 3 aliphatic carbocycles. The van der Waals surface area contributed by atoms with E-state index in [9.17, 15) is 0 Å². The van der Waals surface area contributed by atoms with Gasteiger partial charge in [-0.15, -0.1) is 0 Å². The Hall–Kier alpha value is -11.1. The molecular weight excluding hydrogens is 1000 g/mol. The van der Waals surface area contributed by atoms with Gasteiger partial charge >= 0.3 is 0 Å². The van der Waals surface area contributed by atoms with E-state index in [0.717, 1.165) is 88.4 Å². The van der Waals surface area contributed by atoms with Crippen LogP contribution in [0.2, 0.25) is 0 Å². The number of rotatable bonds is 8. The van der Waals surface area contributed by atoms with E-state index in [1.807, 2.05) is 61.2 Å². The van der Waals surface area contributed by atoms with Gasteiger partial charge in [-0.2, -0.15) is 0 Å². The van der Waals surface area contributed by atoms with Crippen molar-refractivity contribution in [3.63, 3.8) is 0 Å². The minimum absolute atomic E-state index is 0.0392. The molecule has 2 bridgehead atoms. The highest BCUT2D eigenvalue weighted by molar-refractivity contribution is 6.10. The van der Waals surface area contributed by atoms with Crippen molar-refractivity contribution in [3.05, 3.63) is 289 Å². The average molecular weight is 1050 g/mol. The lowest BCUT2D eigenvalue weighted by Crippen LogP contribution is -2.27. The zero-order chi connectivity index (χ0) is 53.8. The van der Waals surface area contributed by atoms with Crippen LogP contribution in [0.15, 0.2) is 255 Å². The third-order valence-corrected chi connectivity index (χ3v) is 16.6. The molecule has 10 nitrogen and oxygen atoms in total. The van der Waals surface area contributed by atoms with Crippen LogP contribution < -0.4 is 0 Å².